The van der Waals surface area contributed by atoms with Gasteiger partial charge in [-0.2, -0.15) is 0 Å². The minimum atomic E-state index is -0.960. The normalized spacial score (nSPS) is 10.2. The lowest BCUT2D eigenvalue weighted by atomic mass is 10.1. The van der Waals surface area contributed by atoms with E-state index in [-0.39, 0.29) is 5.56 Å². The van der Waals surface area contributed by atoms with E-state index >= 15 is 0 Å². The summed E-state index contributed by atoms with van der Waals surface area (Å²) in [4.78, 5) is 15.3. The van der Waals surface area contributed by atoms with Crippen LogP contribution in [0.15, 0.2) is 41.1 Å². The predicted octanol–water partition coefficient (Wildman–Crippen LogP) is 3.46. The molecule has 0 aliphatic rings. The molecular weight excluding hydrogens is 308 g/mol. The highest BCUT2D eigenvalue weighted by Gasteiger charge is 2.13. The number of aryl methyl sites for hydroxylation is 1. The van der Waals surface area contributed by atoms with Crippen LogP contribution in [0, 0.1) is 6.92 Å². The molecule has 2 aromatic rings. The van der Waals surface area contributed by atoms with E-state index in [9.17, 15) is 9.90 Å². The van der Waals surface area contributed by atoms with Crippen molar-refractivity contribution in [2.24, 2.45) is 0 Å². The van der Waals surface area contributed by atoms with Crippen LogP contribution in [-0.4, -0.2) is 16.1 Å². The first-order chi connectivity index (χ1) is 9.09. The van der Waals surface area contributed by atoms with Crippen molar-refractivity contribution in [3.05, 3.63) is 57.8 Å². The van der Waals surface area contributed by atoms with Crippen molar-refractivity contribution in [3.63, 3.8) is 0 Å². The average Bonchev–Trinajstić information content (AvgIpc) is 2.37. The quantitative estimate of drug-likeness (QED) is 0.905. The third kappa shape index (κ3) is 3.12. The Kier molecular flexibility index (Phi) is 4.16. The molecule has 0 fully saturated rings. The van der Waals surface area contributed by atoms with Gasteiger partial charge in [0, 0.05) is 23.4 Å². The zero-order valence-electron chi connectivity index (χ0n) is 10.4. The van der Waals surface area contributed by atoms with Gasteiger partial charge in [0.05, 0.1) is 11.3 Å². The first-order valence-corrected chi connectivity index (χ1v) is 6.54. The number of carboxylic acids is 1. The van der Waals surface area contributed by atoms with E-state index in [1.807, 2.05) is 13.0 Å². The molecule has 98 valence electrons. The third-order valence-corrected chi connectivity index (χ3v) is 3.51. The Hall–Kier alpha value is -1.88. The van der Waals surface area contributed by atoms with Crippen LogP contribution < -0.4 is 5.32 Å². The lowest BCUT2D eigenvalue weighted by molar-refractivity contribution is 0.0697. The van der Waals surface area contributed by atoms with E-state index in [2.05, 4.69) is 26.2 Å². The predicted molar refractivity (Wildman–Crippen MR) is 77.4 cm³/mol. The van der Waals surface area contributed by atoms with Gasteiger partial charge in [-0.15, -0.1) is 0 Å². The molecule has 0 saturated heterocycles. The number of hydrogen-bond donors (Lipinski definition) is 2. The molecule has 0 amide bonds. The van der Waals surface area contributed by atoms with Crippen LogP contribution in [0.3, 0.4) is 0 Å². The van der Waals surface area contributed by atoms with Crippen molar-refractivity contribution >= 4 is 27.6 Å². The number of carbonyl (C=O) groups is 1. The molecule has 0 aliphatic carbocycles. The van der Waals surface area contributed by atoms with Crippen LogP contribution in [0.4, 0.5) is 5.69 Å². The van der Waals surface area contributed by atoms with E-state index in [0.717, 1.165) is 11.1 Å². The number of nitrogens with zero attached hydrogens (tertiary/aromatic N) is 1. The Morgan fingerprint density at radius 1 is 1.42 bits per heavy atom. The molecule has 2 rings (SSSR count). The summed E-state index contributed by atoms with van der Waals surface area (Å²) in [5.74, 6) is -0.960. The summed E-state index contributed by atoms with van der Waals surface area (Å²) in [6, 6.07) is 7.19. The number of carboxylic acid groups (broad SMARTS) is 1. The number of rotatable bonds is 4. The van der Waals surface area contributed by atoms with Crippen LogP contribution in [0.1, 0.15) is 21.5 Å². The topological polar surface area (TPSA) is 62.2 Å². The molecule has 0 bridgehead atoms. The number of aromatic nitrogens is 1. The lowest BCUT2D eigenvalue weighted by Crippen LogP contribution is -2.08. The van der Waals surface area contributed by atoms with Crippen molar-refractivity contribution in [2.45, 2.75) is 13.5 Å². The van der Waals surface area contributed by atoms with E-state index in [4.69, 9.17) is 0 Å². The molecule has 1 heterocycles. The number of halogens is 1. The van der Waals surface area contributed by atoms with Crippen LogP contribution in [0.5, 0.6) is 0 Å². The van der Waals surface area contributed by atoms with Crippen LogP contribution in [0.2, 0.25) is 0 Å². The van der Waals surface area contributed by atoms with Crippen molar-refractivity contribution in [1.29, 1.82) is 0 Å². The lowest BCUT2D eigenvalue weighted by Gasteiger charge is -2.12. The van der Waals surface area contributed by atoms with E-state index < -0.39 is 5.97 Å². The van der Waals surface area contributed by atoms with Crippen molar-refractivity contribution in [2.75, 3.05) is 5.32 Å². The number of aromatic carboxylic acids is 1. The molecule has 0 saturated carbocycles. The Balaban J connectivity index is 2.23. The zero-order valence-corrected chi connectivity index (χ0v) is 11.9. The Morgan fingerprint density at radius 2 is 2.21 bits per heavy atom. The molecule has 0 atom stereocenters. The fourth-order valence-corrected chi connectivity index (χ4v) is 2.30. The number of anilines is 1. The Bertz CT molecular complexity index is 614. The first-order valence-electron chi connectivity index (χ1n) is 5.74. The number of pyridine rings is 1. The summed E-state index contributed by atoms with van der Waals surface area (Å²) >= 11 is 3.26. The molecule has 0 unspecified atom stereocenters. The van der Waals surface area contributed by atoms with E-state index in [1.165, 1.54) is 0 Å². The van der Waals surface area contributed by atoms with Gasteiger partial charge in [-0.05, 0) is 52.2 Å². The summed E-state index contributed by atoms with van der Waals surface area (Å²) in [6.07, 6.45) is 3.52. The molecule has 0 aliphatic heterocycles. The maximum absolute atomic E-state index is 11.2. The van der Waals surface area contributed by atoms with Gasteiger partial charge in [-0.3, -0.25) is 4.98 Å². The summed E-state index contributed by atoms with van der Waals surface area (Å²) in [6.45, 7) is 2.54. The highest BCUT2D eigenvalue weighted by molar-refractivity contribution is 9.10. The van der Waals surface area contributed by atoms with Gasteiger partial charge in [0.15, 0.2) is 0 Å². The van der Waals surface area contributed by atoms with Crippen LogP contribution >= 0.6 is 15.9 Å². The van der Waals surface area contributed by atoms with Gasteiger partial charge in [-0.1, -0.05) is 6.07 Å². The van der Waals surface area contributed by atoms with E-state index in [0.29, 0.717) is 16.7 Å². The fourth-order valence-electron chi connectivity index (χ4n) is 1.76. The first kappa shape index (κ1) is 13.5. The van der Waals surface area contributed by atoms with Gasteiger partial charge in [0.1, 0.15) is 0 Å². The van der Waals surface area contributed by atoms with Crippen molar-refractivity contribution in [1.82, 2.24) is 4.98 Å². The molecule has 19 heavy (non-hydrogen) atoms. The smallest absolute Gasteiger partial charge is 0.338 e. The molecule has 4 nitrogen and oxygen atoms in total. The minimum absolute atomic E-state index is 0.240. The molecule has 0 radical (unpaired) electrons. The Labute approximate surface area is 119 Å². The summed E-state index contributed by atoms with van der Waals surface area (Å²) in [7, 11) is 0. The van der Waals surface area contributed by atoms with Crippen LogP contribution in [-0.2, 0) is 6.54 Å². The molecule has 1 aromatic carbocycles. The summed E-state index contributed by atoms with van der Waals surface area (Å²) in [5, 5.41) is 12.4. The largest absolute Gasteiger partial charge is 0.478 e. The molecule has 1 aromatic heterocycles. The van der Waals surface area contributed by atoms with Crippen molar-refractivity contribution in [3.8, 4) is 0 Å². The highest BCUT2D eigenvalue weighted by atomic mass is 79.9. The van der Waals surface area contributed by atoms with Gasteiger partial charge in [0.25, 0.3) is 0 Å². The third-order valence-electron chi connectivity index (χ3n) is 2.84. The summed E-state index contributed by atoms with van der Waals surface area (Å²) < 4.78 is 0.563. The fraction of sp³-hybridized carbons (Fsp3) is 0.143. The average molecular weight is 321 g/mol. The molecule has 2 N–H and O–H groups in total. The van der Waals surface area contributed by atoms with E-state index in [1.54, 1.807) is 30.6 Å². The monoisotopic (exact) mass is 320 g/mol. The number of hydrogen-bond acceptors (Lipinski definition) is 3. The molecule has 5 heteroatoms. The SMILES string of the molecule is Cc1ccncc1CNc1cccc(Br)c1C(=O)O. The van der Waals surface area contributed by atoms with Gasteiger partial charge < -0.3 is 10.4 Å². The second-order valence-electron chi connectivity index (χ2n) is 4.12. The minimum Gasteiger partial charge on any atom is -0.478 e. The number of benzene rings is 1. The van der Waals surface area contributed by atoms with Crippen LogP contribution in [0.25, 0.3) is 0 Å². The van der Waals surface area contributed by atoms with Gasteiger partial charge in [-0.25, -0.2) is 4.79 Å². The molecular formula is C14H13BrN2O2. The Morgan fingerprint density at radius 3 is 2.89 bits per heavy atom. The second kappa shape index (κ2) is 5.84. The standard InChI is InChI=1S/C14H13BrN2O2/c1-9-5-6-16-7-10(9)8-17-12-4-2-3-11(15)13(12)14(18)19/h2-7,17H,8H2,1H3,(H,18,19). The zero-order chi connectivity index (χ0) is 13.8. The highest BCUT2D eigenvalue weighted by Crippen LogP contribution is 2.25. The second-order valence-corrected chi connectivity index (χ2v) is 4.98. The van der Waals surface area contributed by atoms with Gasteiger partial charge in [0.2, 0.25) is 0 Å². The number of nitrogens with one attached hydrogen (secondary N) is 1. The molecule has 0 spiro atoms. The maximum atomic E-state index is 11.2. The van der Waals surface area contributed by atoms with Crippen molar-refractivity contribution < 1.29 is 9.90 Å². The maximum Gasteiger partial charge on any atom is 0.338 e. The van der Waals surface area contributed by atoms with Gasteiger partial charge >= 0.3 is 5.97 Å². The summed E-state index contributed by atoms with van der Waals surface area (Å²) in [5.41, 5.74) is 2.99.